The van der Waals surface area contributed by atoms with Crippen LogP contribution in [0.4, 0.5) is 0 Å². The quantitative estimate of drug-likeness (QED) is 0.169. The number of benzene rings is 10. The Labute approximate surface area is 352 Å². The molecule has 0 fully saturated rings. The summed E-state index contributed by atoms with van der Waals surface area (Å²) in [6.07, 6.45) is 0. The topological polar surface area (TPSA) is 43.6 Å². The van der Waals surface area contributed by atoms with Crippen LogP contribution in [0.3, 0.4) is 0 Å². The third-order valence-corrected chi connectivity index (χ3v) is 12.0. The Morgan fingerprint density at radius 1 is 0.279 bits per heavy atom. The highest BCUT2D eigenvalue weighted by atomic mass is 15.0. The molecule has 0 amide bonds. The summed E-state index contributed by atoms with van der Waals surface area (Å²) in [5.41, 5.74) is 11.1. The SMILES string of the molecule is c1ccc(-c2nc(-c3ccccc3)nc(-c3ccc(-n4c5ccccc5c5c6cc(-c7ccc8ccc(-c9cccc%10ccccc9%10)cc8c7)ccc6ccc54)cc3)n2)cc1. The van der Waals surface area contributed by atoms with Crippen molar-refractivity contribution in [2.75, 3.05) is 0 Å². The van der Waals surface area contributed by atoms with Crippen molar-refractivity contribution in [1.29, 1.82) is 0 Å². The van der Waals surface area contributed by atoms with Crippen LogP contribution in [0, 0.1) is 0 Å². The molecule has 61 heavy (non-hydrogen) atoms. The number of para-hydroxylation sites is 1. The van der Waals surface area contributed by atoms with Gasteiger partial charge in [0, 0.05) is 33.2 Å². The molecule has 0 bridgehead atoms. The molecule has 12 aromatic rings. The van der Waals surface area contributed by atoms with E-state index in [9.17, 15) is 0 Å². The molecule has 0 spiro atoms. The Hall–Kier alpha value is -8.21. The molecule has 0 aliphatic rings. The maximum absolute atomic E-state index is 4.98. The summed E-state index contributed by atoms with van der Waals surface area (Å²) in [7, 11) is 0. The normalized spacial score (nSPS) is 11.6. The lowest BCUT2D eigenvalue weighted by Gasteiger charge is -2.11. The molecule has 0 saturated carbocycles. The number of nitrogens with zero attached hydrogens (tertiary/aromatic N) is 4. The minimum absolute atomic E-state index is 0.637. The van der Waals surface area contributed by atoms with Crippen molar-refractivity contribution < 1.29 is 0 Å². The molecular formula is C57H36N4. The highest BCUT2D eigenvalue weighted by molar-refractivity contribution is 6.22. The van der Waals surface area contributed by atoms with E-state index in [0.717, 1.165) is 33.4 Å². The molecule has 284 valence electrons. The van der Waals surface area contributed by atoms with Crippen molar-refractivity contribution in [2.45, 2.75) is 0 Å². The van der Waals surface area contributed by atoms with Crippen LogP contribution < -0.4 is 0 Å². The predicted molar refractivity (Wildman–Crippen MR) is 254 cm³/mol. The summed E-state index contributed by atoms with van der Waals surface area (Å²) >= 11 is 0. The van der Waals surface area contributed by atoms with Gasteiger partial charge in [-0.25, -0.2) is 15.0 Å². The minimum Gasteiger partial charge on any atom is -0.309 e. The summed E-state index contributed by atoms with van der Waals surface area (Å²) in [4.78, 5) is 14.8. The fourth-order valence-corrected chi connectivity index (χ4v) is 9.01. The molecule has 12 rings (SSSR count). The van der Waals surface area contributed by atoms with Gasteiger partial charge in [0.05, 0.1) is 11.0 Å². The van der Waals surface area contributed by atoms with Crippen molar-refractivity contribution in [2.24, 2.45) is 0 Å². The van der Waals surface area contributed by atoms with Crippen LogP contribution in [-0.4, -0.2) is 19.5 Å². The van der Waals surface area contributed by atoms with Gasteiger partial charge in [-0.05, 0) is 109 Å². The van der Waals surface area contributed by atoms with Crippen molar-refractivity contribution in [3.05, 3.63) is 218 Å². The van der Waals surface area contributed by atoms with Crippen molar-refractivity contribution in [1.82, 2.24) is 19.5 Å². The van der Waals surface area contributed by atoms with E-state index in [2.05, 4.69) is 162 Å². The van der Waals surface area contributed by atoms with E-state index in [4.69, 9.17) is 15.0 Å². The lowest BCUT2D eigenvalue weighted by atomic mass is 9.94. The highest BCUT2D eigenvalue weighted by Gasteiger charge is 2.17. The van der Waals surface area contributed by atoms with E-state index >= 15 is 0 Å². The molecule has 4 nitrogen and oxygen atoms in total. The van der Waals surface area contributed by atoms with Gasteiger partial charge in [-0.1, -0.05) is 164 Å². The molecule has 0 saturated heterocycles. The average molecular weight is 777 g/mol. The molecule has 2 heterocycles. The zero-order valence-corrected chi connectivity index (χ0v) is 33.1. The van der Waals surface area contributed by atoms with Gasteiger partial charge in [0.2, 0.25) is 0 Å². The fraction of sp³-hybridized carbons (Fsp3) is 0. The van der Waals surface area contributed by atoms with Crippen LogP contribution in [0.2, 0.25) is 0 Å². The van der Waals surface area contributed by atoms with E-state index in [1.165, 1.54) is 65.3 Å². The van der Waals surface area contributed by atoms with Gasteiger partial charge in [0.15, 0.2) is 17.5 Å². The van der Waals surface area contributed by atoms with Gasteiger partial charge in [-0.2, -0.15) is 0 Å². The highest BCUT2D eigenvalue weighted by Crippen LogP contribution is 2.40. The molecule has 0 aliphatic carbocycles. The molecule has 0 atom stereocenters. The van der Waals surface area contributed by atoms with Crippen molar-refractivity contribution in [3.63, 3.8) is 0 Å². The maximum atomic E-state index is 4.98. The number of fused-ring (bicyclic) bond motifs is 7. The van der Waals surface area contributed by atoms with Crippen LogP contribution in [0.25, 0.3) is 116 Å². The number of hydrogen-bond acceptors (Lipinski definition) is 3. The van der Waals surface area contributed by atoms with Crippen LogP contribution in [-0.2, 0) is 0 Å². The van der Waals surface area contributed by atoms with Crippen molar-refractivity contribution in [3.8, 4) is 62.1 Å². The van der Waals surface area contributed by atoms with Crippen LogP contribution >= 0.6 is 0 Å². The predicted octanol–water partition coefficient (Wildman–Crippen LogP) is 14.8. The second kappa shape index (κ2) is 14.3. The molecule has 0 aliphatic heterocycles. The lowest BCUT2D eigenvalue weighted by Crippen LogP contribution is -2.00. The monoisotopic (exact) mass is 776 g/mol. The van der Waals surface area contributed by atoms with Gasteiger partial charge < -0.3 is 4.57 Å². The molecule has 0 unspecified atom stereocenters. The smallest absolute Gasteiger partial charge is 0.164 e. The molecule has 0 radical (unpaired) electrons. The first-order valence-corrected chi connectivity index (χ1v) is 20.7. The largest absolute Gasteiger partial charge is 0.309 e. The standard InChI is InChI=1S/C57H36N4/c1-3-13-40(14-4-1)55-58-56(41-15-5-2-6-16-41)60-57(59-55)42-28-31-47(32-29-42)61-52-21-10-9-19-50(52)54-51-36-44(26-24-39(51)30-33-53(54)61)43-25-22-37-23-27-45(35-46(37)34-43)49-20-11-17-38-12-7-8-18-48(38)49/h1-36H. The van der Waals surface area contributed by atoms with Crippen LogP contribution in [0.15, 0.2) is 218 Å². The number of aromatic nitrogens is 4. The first-order valence-electron chi connectivity index (χ1n) is 20.7. The Morgan fingerprint density at radius 3 is 1.51 bits per heavy atom. The zero-order chi connectivity index (χ0) is 40.3. The first kappa shape index (κ1) is 34.8. The zero-order valence-electron chi connectivity index (χ0n) is 33.1. The molecule has 4 heteroatoms. The average Bonchev–Trinajstić information content (AvgIpc) is 3.68. The summed E-state index contributed by atoms with van der Waals surface area (Å²) in [5, 5.41) is 9.90. The van der Waals surface area contributed by atoms with E-state index < -0.39 is 0 Å². The van der Waals surface area contributed by atoms with E-state index in [1.807, 2.05) is 60.7 Å². The third kappa shape index (κ3) is 6.04. The number of hydrogen-bond donors (Lipinski definition) is 0. The van der Waals surface area contributed by atoms with E-state index in [1.54, 1.807) is 0 Å². The molecular weight excluding hydrogens is 741 g/mol. The third-order valence-electron chi connectivity index (χ3n) is 12.0. The Kier molecular flexibility index (Phi) is 8.13. The second-order valence-corrected chi connectivity index (χ2v) is 15.6. The lowest BCUT2D eigenvalue weighted by molar-refractivity contribution is 1.07. The fourth-order valence-electron chi connectivity index (χ4n) is 9.01. The van der Waals surface area contributed by atoms with Gasteiger partial charge in [-0.3, -0.25) is 0 Å². The minimum atomic E-state index is 0.637. The van der Waals surface area contributed by atoms with E-state index in [0.29, 0.717) is 17.5 Å². The van der Waals surface area contributed by atoms with Crippen LogP contribution in [0.5, 0.6) is 0 Å². The Bertz CT molecular complexity index is 3560. The maximum Gasteiger partial charge on any atom is 0.164 e. The summed E-state index contributed by atoms with van der Waals surface area (Å²) in [6.45, 7) is 0. The van der Waals surface area contributed by atoms with Gasteiger partial charge in [-0.15, -0.1) is 0 Å². The van der Waals surface area contributed by atoms with Crippen molar-refractivity contribution >= 4 is 54.1 Å². The van der Waals surface area contributed by atoms with Gasteiger partial charge in [0.25, 0.3) is 0 Å². The summed E-state index contributed by atoms with van der Waals surface area (Å²) in [5.74, 6) is 1.94. The Balaban J connectivity index is 0.957. The van der Waals surface area contributed by atoms with E-state index in [-0.39, 0.29) is 0 Å². The first-order chi connectivity index (χ1) is 30.2. The number of rotatable bonds is 6. The molecule has 0 N–H and O–H groups in total. The van der Waals surface area contributed by atoms with Crippen LogP contribution in [0.1, 0.15) is 0 Å². The molecule has 10 aromatic carbocycles. The second-order valence-electron chi connectivity index (χ2n) is 15.6. The Morgan fingerprint density at radius 2 is 0.787 bits per heavy atom. The van der Waals surface area contributed by atoms with Gasteiger partial charge in [0.1, 0.15) is 0 Å². The van der Waals surface area contributed by atoms with Gasteiger partial charge >= 0.3 is 0 Å². The molecule has 2 aromatic heterocycles. The summed E-state index contributed by atoms with van der Waals surface area (Å²) < 4.78 is 2.38. The summed E-state index contributed by atoms with van der Waals surface area (Å²) in [6, 6.07) is 77.8.